The van der Waals surface area contributed by atoms with Crippen LogP contribution < -0.4 is 4.90 Å². The Bertz CT molecular complexity index is 1850. The summed E-state index contributed by atoms with van der Waals surface area (Å²) in [5, 5.41) is 0. The molecule has 8 bridgehead atoms. The molecule has 0 saturated carbocycles. The Morgan fingerprint density at radius 3 is 1.70 bits per heavy atom. The van der Waals surface area contributed by atoms with E-state index in [0.29, 0.717) is 16.9 Å². The Morgan fingerprint density at radius 2 is 1.11 bits per heavy atom. The molecule has 0 atom stereocenters. The van der Waals surface area contributed by atoms with Gasteiger partial charge < -0.3 is 9.97 Å². The van der Waals surface area contributed by atoms with Crippen molar-refractivity contribution in [3.8, 4) is 11.1 Å². The van der Waals surface area contributed by atoms with Crippen molar-refractivity contribution in [2.45, 2.75) is 0 Å². The Hall–Kier alpha value is -5.30. The van der Waals surface area contributed by atoms with Gasteiger partial charge in [-0.2, -0.15) is 0 Å². The summed E-state index contributed by atoms with van der Waals surface area (Å²) in [5.41, 5.74) is 8.35. The second kappa shape index (κ2) is 8.13. The van der Waals surface area contributed by atoms with Crippen LogP contribution >= 0.6 is 0 Å². The molecule has 3 aliphatic heterocycles. The number of hydrogen-bond acceptors (Lipinski definition) is 4. The number of anilines is 1. The van der Waals surface area contributed by atoms with Crippen LogP contribution in [0.2, 0.25) is 0 Å². The minimum Gasteiger partial charge on any atom is -0.355 e. The molecule has 7 rings (SSSR count). The molecule has 2 N–H and O–H groups in total. The molecule has 7 nitrogen and oxygen atoms in total. The summed E-state index contributed by atoms with van der Waals surface area (Å²) < 4.78 is 0. The fourth-order valence-corrected chi connectivity index (χ4v) is 4.81. The van der Waals surface area contributed by atoms with Gasteiger partial charge in [0.2, 0.25) is 0 Å². The van der Waals surface area contributed by atoms with Crippen LogP contribution in [0.4, 0.5) is 5.69 Å². The zero-order valence-corrected chi connectivity index (χ0v) is 19.5. The second-order valence-corrected chi connectivity index (χ2v) is 8.92. The SMILES string of the molecule is O=C1C=CC(=O)N1c1c(-c2ccccc2)c2cc3nc(cc4ccc(cc5nc(cc1[nH]2)C=C5)[nH]4)C=C3. The average Bonchev–Trinajstić information content (AvgIpc) is 3.71. The van der Waals surface area contributed by atoms with Crippen LogP contribution in [0.15, 0.2) is 78.9 Å². The molecule has 4 aromatic rings. The summed E-state index contributed by atoms with van der Waals surface area (Å²) in [6.07, 6.45) is 10.3. The van der Waals surface area contributed by atoms with Crippen LogP contribution in [-0.2, 0) is 9.59 Å². The molecular weight excluding hydrogens is 462 g/mol. The number of aromatic amines is 2. The molecule has 0 unspecified atom stereocenters. The normalized spacial score (nSPS) is 14.2. The Balaban J connectivity index is 1.63. The predicted octanol–water partition coefficient (Wildman–Crippen LogP) is 5.75. The number of carbonyl (C=O) groups is 2. The minimum atomic E-state index is -0.386. The number of rotatable bonds is 2. The van der Waals surface area contributed by atoms with Crippen molar-refractivity contribution in [2.24, 2.45) is 0 Å². The van der Waals surface area contributed by atoms with Gasteiger partial charge in [0.25, 0.3) is 11.8 Å². The summed E-state index contributed by atoms with van der Waals surface area (Å²) >= 11 is 0. The number of imide groups is 1. The monoisotopic (exact) mass is 481 g/mol. The maximum absolute atomic E-state index is 12.9. The van der Waals surface area contributed by atoms with Gasteiger partial charge in [0.1, 0.15) is 0 Å². The lowest BCUT2D eigenvalue weighted by atomic mass is 10.0. The molecule has 3 aliphatic rings. The van der Waals surface area contributed by atoms with E-state index in [-0.39, 0.29) is 11.8 Å². The quantitative estimate of drug-likeness (QED) is 0.308. The van der Waals surface area contributed by atoms with Crippen molar-refractivity contribution in [3.05, 3.63) is 102 Å². The number of aromatic nitrogens is 4. The largest absolute Gasteiger partial charge is 0.355 e. The van der Waals surface area contributed by atoms with Gasteiger partial charge >= 0.3 is 0 Å². The van der Waals surface area contributed by atoms with Gasteiger partial charge in [-0.15, -0.1) is 0 Å². The topological polar surface area (TPSA) is 94.7 Å². The Kier molecular flexibility index (Phi) is 4.62. The average molecular weight is 482 g/mol. The molecule has 6 heterocycles. The van der Waals surface area contributed by atoms with Crippen molar-refractivity contribution in [1.82, 2.24) is 19.9 Å². The number of fused-ring (bicyclic) bond motifs is 8. The first-order valence-corrected chi connectivity index (χ1v) is 11.8. The highest BCUT2D eigenvalue weighted by atomic mass is 16.2. The number of nitrogens with one attached hydrogen (secondary N) is 2. The number of carbonyl (C=O) groups excluding carboxylic acids is 2. The third-order valence-corrected chi connectivity index (χ3v) is 6.41. The minimum absolute atomic E-state index is 0.386. The van der Waals surface area contributed by atoms with Gasteiger partial charge in [0, 0.05) is 28.7 Å². The molecule has 2 amide bonds. The summed E-state index contributed by atoms with van der Waals surface area (Å²) in [5.74, 6) is -0.771. The van der Waals surface area contributed by atoms with Crippen LogP contribution in [0, 0.1) is 0 Å². The molecule has 7 heteroatoms. The maximum Gasteiger partial charge on any atom is 0.258 e. The first-order valence-electron chi connectivity index (χ1n) is 11.8. The van der Waals surface area contributed by atoms with Crippen molar-refractivity contribution >= 4 is 63.9 Å². The van der Waals surface area contributed by atoms with E-state index in [0.717, 1.165) is 44.8 Å². The van der Waals surface area contributed by atoms with Gasteiger partial charge in [0.05, 0.1) is 39.5 Å². The highest BCUT2D eigenvalue weighted by molar-refractivity contribution is 6.31. The molecular formula is C30H19N5O2. The Labute approximate surface area is 211 Å². The summed E-state index contributed by atoms with van der Waals surface area (Å²) in [6.45, 7) is 0. The first kappa shape index (κ1) is 21.0. The second-order valence-electron chi connectivity index (χ2n) is 8.92. The smallest absolute Gasteiger partial charge is 0.258 e. The number of hydrogen-bond donors (Lipinski definition) is 2. The van der Waals surface area contributed by atoms with E-state index in [9.17, 15) is 9.59 Å². The van der Waals surface area contributed by atoms with Gasteiger partial charge in [-0.3, -0.25) is 9.59 Å². The molecule has 1 aromatic carbocycles. The molecule has 0 fully saturated rings. The molecule has 37 heavy (non-hydrogen) atoms. The van der Waals surface area contributed by atoms with Crippen LogP contribution in [0.1, 0.15) is 22.8 Å². The first-order chi connectivity index (χ1) is 18.1. The molecule has 0 saturated heterocycles. The fourth-order valence-electron chi connectivity index (χ4n) is 4.81. The van der Waals surface area contributed by atoms with Crippen LogP contribution in [0.3, 0.4) is 0 Å². The van der Waals surface area contributed by atoms with E-state index in [1.165, 1.54) is 17.1 Å². The molecule has 0 spiro atoms. The third-order valence-electron chi connectivity index (χ3n) is 6.41. The standard InChI is InChI=1S/C30H19N5O2/c36-27-12-13-28(37)35(27)30-26-17-24-11-9-22(33-24)15-20-7-6-19(31-20)14-21-8-10-23(32-21)16-25(34-26)29(30)18-4-2-1-3-5-18/h1-17,31,34H. The number of benzene rings is 1. The highest BCUT2D eigenvalue weighted by Gasteiger charge is 2.31. The van der Waals surface area contributed by atoms with Gasteiger partial charge in [-0.25, -0.2) is 14.9 Å². The predicted molar refractivity (Wildman–Crippen MR) is 146 cm³/mol. The number of amides is 2. The Morgan fingerprint density at radius 1 is 0.568 bits per heavy atom. The van der Waals surface area contributed by atoms with Crippen LogP contribution in [0.5, 0.6) is 0 Å². The molecule has 0 aliphatic carbocycles. The van der Waals surface area contributed by atoms with Gasteiger partial charge in [-0.1, -0.05) is 30.3 Å². The molecule has 176 valence electrons. The van der Waals surface area contributed by atoms with E-state index in [4.69, 9.17) is 9.97 Å². The highest BCUT2D eigenvalue weighted by Crippen LogP contribution is 2.40. The summed E-state index contributed by atoms with van der Waals surface area (Å²) in [6, 6.07) is 21.5. The van der Waals surface area contributed by atoms with Gasteiger partial charge in [0.15, 0.2) is 0 Å². The zero-order valence-electron chi connectivity index (χ0n) is 19.5. The van der Waals surface area contributed by atoms with Crippen molar-refractivity contribution in [3.63, 3.8) is 0 Å². The van der Waals surface area contributed by atoms with Crippen LogP contribution in [0.25, 0.3) is 57.5 Å². The fraction of sp³-hybridized carbons (Fsp3) is 0. The van der Waals surface area contributed by atoms with E-state index in [1.54, 1.807) is 0 Å². The molecule has 3 aromatic heterocycles. The van der Waals surface area contributed by atoms with Crippen molar-refractivity contribution < 1.29 is 9.59 Å². The lowest BCUT2D eigenvalue weighted by Gasteiger charge is -2.15. The summed E-state index contributed by atoms with van der Waals surface area (Å²) in [4.78, 5) is 43.3. The maximum atomic E-state index is 12.9. The number of nitrogens with zero attached hydrogens (tertiary/aromatic N) is 3. The third kappa shape index (κ3) is 3.70. The van der Waals surface area contributed by atoms with E-state index in [1.807, 2.05) is 91.0 Å². The van der Waals surface area contributed by atoms with Crippen LogP contribution in [-0.4, -0.2) is 31.8 Å². The molecule has 0 radical (unpaired) electrons. The lowest BCUT2D eigenvalue weighted by Crippen LogP contribution is -2.29. The summed E-state index contributed by atoms with van der Waals surface area (Å²) in [7, 11) is 0. The van der Waals surface area contributed by atoms with E-state index in [2.05, 4.69) is 9.97 Å². The van der Waals surface area contributed by atoms with Crippen molar-refractivity contribution in [2.75, 3.05) is 4.90 Å². The van der Waals surface area contributed by atoms with E-state index >= 15 is 0 Å². The lowest BCUT2D eigenvalue weighted by molar-refractivity contribution is -0.119. The van der Waals surface area contributed by atoms with Gasteiger partial charge in [-0.05, 0) is 66.3 Å². The number of H-pyrrole nitrogens is 2. The van der Waals surface area contributed by atoms with Crippen molar-refractivity contribution in [1.29, 1.82) is 0 Å². The zero-order chi connectivity index (χ0) is 24.9. The van der Waals surface area contributed by atoms with E-state index < -0.39 is 0 Å².